The third-order valence-corrected chi connectivity index (χ3v) is 4.02. The van der Waals surface area contributed by atoms with Gasteiger partial charge >= 0.3 is 0 Å². The maximum absolute atomic E-state index is 5.97. The molecular formula is C17H20N2S. The molecule has 2 aromatic carbocycles. The highest BCUT2D eigenvalue weighted by atomic mass is 32.2. The number of benzene rings is 2. The molecule has 0 bridgehead atoms. The van der Waals surface area contributed by atoms with Crippen LogP contribution in [0, 0.1) is 13.8 Å². The minimum absolute atomic E-state index is 0.645. The summed E-state index contributed by atoms with van der Waals surface area (Å²) in [5, 5.41) is 0.648. The van der Waals surface area contributed by atoms with Crippen LogP contribution in [-0.4, -0.2) is 5.17 Å². The van der Waals surface area contributed by atoms with Crippen molar-refractivity contribution in [3.8, 4) is 0 Å². The first-order chi connectivity index (χ1) is 9.65. The molecule has 0 radical (unpaired) electrons. The zero-order valence-electron chi connectivity index (χ0n) is 12.0. The lowest BCUT2D eigenvalue weighted by Crippen LogP contribution is -2.07. The van der Waals surface area contributed by atoms with E-state index < -0.39 is 0 Å². The average molecular weight is 284 g/mol. The Hall–Kier alpha value is -1.74. The molecule has 0 saturated carbocycles. The Morgan fingerprint density at radius 3 is 2.60 bits per heavy atom. The highest BCUT2D eigenvalue weighted by molar-refractivity contribution is 8.13. The van der Waals surface area contributed by atoms with Crippen molar-refractivity contribution in [3.63, 3.8) is 0 Å². The van der Waals surface area contributed by atoms with E-state index in [9.17, 15) is 0 Å². The molecule has 3 heteroatoms. The van der Waals surface area contributed by atoms with Crippen LogP contribution >= 0.6 is 11.8 Å². The SMILES string of the molecule is Cc1ccc(C)c(CSC(N)=NCc2ccccc2)c1. The minimum Gasteiger partial charge on any atom is -0.379 e. The van der Waals surface area contributed by atoms with Gasteiger partial charge in [-0.3, -0.25) is 4.99 Å². The maximum Gasteiger partial charge on any atom is 0.154 e. The molecule has 0 amide bonds. The molecule has 2 N–H and O–H groups in total. The summed E-state index contributed by atoms with van der Waals surface area (Å²) in [6, 6.07) is 16.7. The van der Waals surface area contributed by atoms with Gasteiger partial charge in [0.2, 0.25) is 0 Å². The van der Waals surface area contributed by atoms with E-state index >= 15 is 0 Å². The van der Waals surface area contributed by atoms with Crippen molar-refractivity contribution in [2.24, 2.45) is 10.7 Å². The lowest BCUT2D eigenvalue weighted by atomic mass is 10.1. The fourth-order valence-corrected chi connectivity index (χ4v) is 2.68. The molecule has 0 spiro atoms. The van der Waals surface area contributed by atoms with E-state index in [1.165, 1.54) is 22.3 Å². The summed E-state index contributed by atoms with van der Waals surface area (Å²) in [5.74, 6) is 0.873. The van der Waals surface area contributed by atoms with E-state index in [4.69, 9.17) is 5.73 Å². The molecule has 0 unspecified atom stereocenters. The molecule has 0 aliphatic heterocycles. The Morgan fingerprint density at radius 1 is 1.10 bits per heavy atom. The summed E-state index contributed by atoms with van der Waals surface area (Å²) in [5.41, 5.74) is 11.1. The van der Waals surface area contributed by atoms with Crippen molar-refractivity contribution < 1.29 is 0 Å². The molecule has 20 heavy (non-hydrogen) atoms. The van der Waals surface area contributed by atoms with E-state index in [1.807, 2.05) is 18.2 Å². The van der Waals surface area contributed by atoms with Gasteiger partial charge in [0.15, 0.2) is 5.17 Å². The van der Waals surface area contributed by atoms with E-state index in [-0.39, 0.29) is 0 Å². The smallest absolute Gasteiger partial charge is 0.154 e. The molecule has 2 nitrogen and oxygen atoms in total. The van der Waals surface area contributed by atoms with E-state index in [1.54, 1.807) is 11.8 Å². The van der Waals surface area contributed by atoms with E-state index in [0.717, 1.165) is 5.75 Å². The number of rotatable bonds is 4. The molecule has 0 fully saturated rings. The van der Waals surface area contributed by atoms with Gasteiger partial charge in [-0.2, -0.15) is 0 Å². The number of aryl methyl sites for hydroxylation is 2. The Labute approximate surface area is 125 Å². The molecule has 0 aliphatic rings. The first kappa shape index (κ1) is 14.7. The normalized spacial score (nSPS) is 11.6. The Bertz CT molecular complexity index is 591. The summed E-state index contributed by atoms with van der Waals surface area (Å²) >= 11 is 1.60. The van der Waals surface area contributed by atoms with Gasteiger partial charge in [-0.1, -0.05) is 65.9 Å². The summed E-state index contributed by atoms with van der Waals surface area (Å²) in [6.07, 6.45) is 0. The molecule has 0 heterocycles. The highest BCUT2D eigenvalue weighted by Gasteiger charge is 2.01. The summed E-state index contributed by atoms with van der Waals surface area (Å²) in [6.45, 7) is 4.89. The topological polar surface area (TPSA) is 38.4 Å². The Balaban J connectivity index is 1.91. The second-order valence-electron chi connectivity index (χ2n) is 4.86. The van der Waals surface area contributed by atoms with Crippen LogP contribution in [0.25, 0.3) is 0 Å². The van der Waals surface area contributed by atoms with Crippen LogP contribution in [0.4, 0.5) is 0 Å². The first-order valence-electron chi connectivity index (χ1n) is 6.68. The summed E-state index contributed by atoms with van der Waals surface area (Å²) in [7, 11) is 0. The van der Waals surface area contributed by atoms with Gasteiger partial charge in [-0.15, -0.1) is 0 Å². The van der Waals surface area contributed by atoms with Crippen LogP contribution in [0.5, 0.6) is 0 Å². The number of nitrogens with zero attached hydrogens (tertiary/aromatic N) is 1. The van der Waals surface area contributed by atoms with Crippen molar-refractivity contribution in [1.29, 1.82) is 0 Å². The van der Waals surface area contributed by atoms with Crippen LogP contribution in [0.1, 0.15) is 22.3 Å². The van der Waals surface area contributed by atoms with Crippen LogP contribution in [-0.2, 0) is 12.3 Å². The fourth-order valence-electron chi connectivity index (χ4n) is 1.91. The predicted octanol–water partition coefficient (Wildman–Crippen LogP) is 4.05. The third kappa shape index (κ3) is 4.42. The standard InChI is InChI=1S/C17H20N2S/c1-13-8-9-14(2)16(10-13)12-20-17(18)19-11-15-6-4-3-5-7-15/h3-10H,11-12H2,1-2H3,(H2,18,19). The van der Waals surface area contributed by atoms with Gasteiger partial charge in [0.05, 0.1) is 6.54 Å². The van der Waals surface area contributed by atoms with Crippen LogP contribution in [0.3, 0.4) is 0 Å². The summed E-state index contributed by atoms with van der Waals surface area (Å²) in [4.78, 5) is 4.42. The van der Waals surface area contributed by atoms with Crippen molar-refractivity contribution in [3.05, 3.63) is 70.8 Å². The second-order valence-corrected chi connectivity index (χ2v) is 5.85. The van der Waals surface area contributed by atoms with Crippen molar-refractivity contribution in [2.75, 3.05) is 0 Å². The molecular weight excluding hydrogens is 264 g/mol. The van der Waals surface area contributed by atoms with Crippen molar-refractivity contribution in [2.45, 2.75) is 26.1 Å². The molecule has 0 saturated heterocycles. The van der Waals surface area contributed by atoms with Crippen molar-refractivity contribution in [1.82, 2.24) is 0 Å². The number of aliphatic imine (C=N–C) groups is 1. The lowest BCUT2D eigenvalue weighted by Gasteiger charge is -2.06. The molecule has 0 atom stereocenters. The zero-order valence-corrected chi connectivity index (χ0v) is 12.8. The quantitative estimate of drug-likeness (QED) is 0.679. The number of hydrogen-bond donors (Lipinski definition) is 1. The van der Waals surface area contributed by atoms with Gasteiger partial charge in [0.1, 0.15) is 0 Å². The van der Waals surface area contributed by atoms with Gasteiger partial charge in [0, 0.05) is 5.75 Å². The molecule has 104 valence electrons. The maximum atomic E-state index is 5.97. The second kappa shape index (κ2) is 7.15. The average Bonchev–Trinajstić information content (AvgIpc) is 2.47. The van der Waals surface area contributed by atoms with Gasteiger partial charge in [0.25, 0.3) is 0 Å². The number of nitrogens with two attached hydrogens (primary N) is 1. The molecule has 2 aromatic rings. The highest BCUT2D eigenvalue weighted by Crippen LogP contribution is 2.18. The van der Waals surface area contributed by atoms with E-state index in [2.05, 4.69) is 49.2 Å². The van der Waals surface area contributed by atoms with Gasteiger partial charge < -0.3 is 5.73 Å². The van der Waals surface area contributed by atoms with E-state index in [0.29, 0.717) is 11.7 Å². The number of amidine groups is 1. The van der Waals surface area contributed by atoms with Gasteiger partial charge in [-0.25, -0.2) is 0 Å². The largest absolute Gasteiger partial charge is 0.379 e. The van der Waals surface area contributed by atoms with Crippen LogP contribution in [0.2, 0.25) is 0 Å². The van der Waals surface area contributed by atoms with Gasteiger partial charge in [-0.05, 0) is 30.5 Å². The monoisotopic (exact) mass is 284 g/mol. The molecule has 0 aliphatic carbocycles. The number of thioether (sulfide) groups is 1. The lowest BCUT2D eigenvalue weighted by molar-refractivity contribution is 1.07. The van der Waals surface area contributed by atoms with Crippen LogP contribution in [0.15, 0.2) is 53.5 Å². The Morgan fingerprint density at radius 2 is 1.85 bits per heavy atom. The van der Waals surface area contributed by atoms with Crippen molar-refractivity contribution >= 4 is 16.9 Å². The van der Waals surface area contributed by atoms with Crippen LogP contribution < -0.4 is 5.73 Å². The third-order valence-electron chi connectivity index (χ3n) is 3.14. The zero-order chi connectivity index (χ0) is 14.4. The predicted molar refractivity (Wildman–Crippen MR) is 89.0 cm³/mol. The fraction of sp³-hybridized carbons (Fsp3) is 0.235. The molecule has 0 aromatic heterocycles. The summed E-state index contributed by atoms with van der Waals surface area (Å²) < 4.78 is 0. The first-order valence-corrected chi connectivity index (χ1v) is 7.66. The number of hydrogen-bond acceptors (Lipinski definition) is 2. The molecule has 2 rings (SSSR count). The Kier molecular flexibility index (Phi) is 5.24. The minimum atomic E-state index is 0.645.